The largest absolute Gasteiger partial charge is 0.382 e. The standard InChI is InChI=1S/C10H11N5S/c1-3-6-4-15-5-7(8(11)12)14-10(16-2)9(15)13-6/h3-5H,1H2,2H3,(H3,11,12). The van der Waals surface area contributed by atoms with Crippen LogP contribution < -0.4 is 5.73 Å². The van der Waals surface area contributed by atoms with Crippen molar-refractivity contribution in [2.24, 2.45) is 5.73 Å². The highest BCUT2D eigenvalue weighted by Crippen LogP contribution is 2.19. The first kappa shape index (κ1) is 10.7. The van der Waals surface area contributed by atoms with Gasteiger partial charge in [-0.1, -0.05) is 6.58 Å². The lowest BCUT2D eigenvalue weighted by Gasteiger charge is -2.03. The molecular formula is C10H11N5S. The Hall–Kier alpha value is -1.82. The lowest BCUT2D eigenvalue weighted by atomic mass is 10.4. The lowest BCUT2D eigenvalue weighted by Crippen LogP contribution is -2.14. The van der Waals surface area contributed by atoms with E-state index in [1.165, 1.54) is 11.8 Å². The molecule has 5 nitrogen and oxygen atoms in total. The van der Waals surface area contributed by atoms with Crippen molar-refractivity contribution in [3.05, 3.63) is 30.4 Å². The van der Waals surface area contributed by atoms with E-state index >= 15 is 0 Å². The first-order chi connectivity index (χ1) is 7.65. The zero-order chi connectivity index (χ0) is 11.7. The maximum absolute atomic E-state index is 7.39. The fourth-order valence-electron chi connectivity index (χ4n) is 1.35. The maximum Gasteiger partial charge on any atom is 0.170 e. The molecular weight excluding hydrogens is 222 g/mol. The lowest BCUT2D eigenvalue weighted by molar-refractivity contribution is 1.02. The van der Waals surface area contributed by atoms with E-state index < -0.39 is 0 Å². The van der Waals surface area contributed by atoms with Crippen LogP contribution in [0.25, 0.3) is 11.7 Å². The molecule has 0 aliphatic heterocycles. The molecule has 0 saturated carbocycles. The van der Waals surface area contributed by atoms with Crippen molar-refractivity contribution in [2.45, 2.75) is 5.03 Å². The molecule has 0 aliphatic carbocycles. The van der Waals surface area contributed by atoms with Crippen LogP contribution in [-0.2, 0) is 0 Å². The number of amidine groups is 1. The van der Waals surface area contributed by atoms with Gasteiger partial charge in [0.05, 0.1) is 5.69 Å². The molecule has 0 amide bonds. The number of aromatic nitrogens is 3. The first-order valence-corrected chi connectivity index (χ1v) is 5.78. The van der Waals surface area contributed by atoms with E-state index in [0.717, 1.165) is 16.4 Å². The van der Waals surface area contributed by atoms with Crippen LogP contribution >= 0.6 is 11.8 Å². The van der Waals surface area contributed by atoms with Gasteiger partial charge in [-0.05, 0) is 12.3 Å². The quantitative estimate of drug-likeness (QED) is 0.477. The van der Waals surface area contributed by atoms with Gasteiger partial charge in [0.25, 0.3) is 0 Å². The Morgan fingerprint density at radius 2 is 2.31 bits per heavy atom. The Bertz CT molecular complexity index is 572. The van der Waals surface area contributed by atoms with Gasteiger partial charge < -0.3 is 10.1 Å². The van der Waals surface area contributed by atoms with Gasteiger partial charge in [-0.15, -0.1) is 11.8 Å². The van der Waals surface area contributed by atoms with Crippen LogP contribution in [0.3, 0.4) is 0 Å². The van der Waals surface area contributed by atoms with Gasteiger partial charge in [0.15, 0.2) is 5.65 Å². The summed E-state index contributed by atoms with van der Waals surface area (Å²) in [4.78, 5) is 8.62. The molecule has 16 heavy (non-hydrogen) atoms. The molecule has 2 aromatic heterocycles. The summed E-state index contributed by atoms with van der Waals surface area (Å²) < 4.78 is 1.81. The Morgan fingerprint density at radius 3 is 2.88 bits per heavy atom. The van der Waals surface area contributed by atoms with Gasteiger partial charge in [-0.2, -0.15) is 0 Å². The summed E-state index contributed by atoms with van der Waals surface area (Å²) in [7, 11) is 0. The highest BCUT2D eigenvalue weighted by atomic mass is 32.2. The Morgan fingerprint density at radius 1 is 1.56 bits per heavy atom. The number of hydrogen-bond acceptors (Lipinski definition) is 4. The summed E-state index contributed by atoms with van der Waals surface area (Å²) in [5.41, 5.74) is 7.41. The molecule has 0 aromatic carbocycles. The number of nitrogen functional groups attached to an aromatic ring is 1. The van der Waals surface area contributed by atoms with Gasteiger partial charge in [0, 0.05) is 12.4 Å². The third-order valence-corrected chi connectivity index (χ3v) is 2.76. The van der Waals surface area contributed by atoms with Crippen molar-refractivity contribution in [2.75, 3.05) is 6.26 Å². The first-order valence-electron chi connectivity index (χ1n) is 4.56. The van der Waals surface area contributed by atoms with E-state index in [0.29, 0.717) is 5.69 Å². The highest BCUT2D eigenvalue weighted by molar-refractivity contribution is 7.98. The van der Waals surface area contributed by atoms with Gasteiger partial charge in [-0.25, -0.2) is 9.97 Å². The number of hydrogen-bond donors (Lipinski definition) is 2. The van der Waals surface area contributed by atoms with E-state index in [2.05, 4.69) is 16.5 Å². The molecule has 0 unspecified atom stereocenters. The van der Waals surface area contributed by atoms with Crippen molar-refractivity contribution in [3.63, 3.8) is 0 Å². The third kappa shape index (κ3) is 1.67. The average Bonchev–Trinajstić information content (AvgIpc) is 2.70. The normalized spacial score (nSPS) is 10.6. The second-order valence-corrected chi connectivity index (χ2v) is 3.94. The summed E-state index contributed by atoms with van der Waals surface area (Å²) in [6.45, 7) is 3.67. The van der Waals surface area contributed by atoms with E-state index in [4.69, 9.17) is 11.1 Å². The van der Waals surface area contributed by atoms with Gasteiger partial charge in [-0.3, -0.25) is 5.41 Å². The molecule has 0 fully saturated rings. The van der Waals surface area contributed by atoms with Crippen molar-refractivity contribution in [1.82, 2.24) is 14.4 Å². The third-order valence-electron chi connectivity index (χ3n) is 2.10. The SMILES string of the molecule is C=Cc1cn2cc(C(=N)N)nc(SC)c2n1. The highest BCUT2D eigenvalue weighted by Gasteiger charge is 2.09. The Balaban J connectivity index is 2.75. The predicted octanol–water partition coefficient (Wildman–Crippen LogP) is 1.38. The summed E-state index contributed by atoms with van der Waals surface area (Å²) in [5.74, 6) is -0.0500. The molecule has 2 heterocycles. The summed E-state index contributed by atoms with van der Waals surface area (Å²) in [5, 5.41) is 8.14. The second-order valence-electron chi connectivity index (χ2n) is 3.15. The smallest absolute Gasteiger partial charge is 0.170 e. The number of imidazole rings is 1. The summed E-state index contributed by atoms with van der Waals surface area (Å²) in [6, 6.07) is 0. The molecule has 0 bridgehead atoms. The molecule has 0 saturated heterocycles. The van der Waals surface area contributed by atoms with Crippen LogP contribution in [0.2, 0.25) is 0 Å². The second kappa shape index (κ2) is 3.97. The number of nitrogens with one attached hydrogen (secondary N) is 1. The topological polar surface area (TPSA) is 80.1 Å². The van der Waals surface area contributed by atoms with Gasteiger partial charge in [0.2, 0.25) is 0 Å². The summed E-state index contributed by atoms with van der Waals surface area (Å²) in [6.07, 6.45) is 7.10. The Labute approximate surface area is 96.9 Å². The Kier molecular flexibility index (Phi) is 2.66. The van der Waals surface area contributed by atoms with Crippen LogP contribution in [0.4, 0.5) is 0 Å². The molecule has 0 radical (unpaired) electrons. The molecule has 0 atom stereocenters. The van der Waals surface area contributed by atoms with Crippen molar-refractivity contribution < 1.29 is 0 Å². The maximum atomic E-state index is 7.39. The van der Waals surface area contributed by atoms with E-state index in [9.17, 15) is 0 Å². The molecule has 2 aromatic rings. The summed E-state index contributed by atoms with van der Waals surface area (Å²) >= 11 is 1.47. The van der Waals surface area contributed by atoms with Crippen molar-refractivity contribution >= 4 is 29.3 Å². The fourth-order valence-corrected chi connectivity index (χ4v) is 1.88. The number of thioether (sulfide) groups is 1. The van der Waals surface area contributed by atoms with Crippen molar-refractivity contribution in [1.29, 1.82) is 5.41 Å². The zero-order valence-corrected chi connectivity index (χ0v) is 9.58. The fraction of sp³-hybridized carbons (Fsp3) is 0.100. The van der Waals surface area contributed by atoms with Crippen LogP contribution in [0.5, 0.6) is 0 Å². The molecule has 6 heteroatoms. The molecule has 0 spiro atoms. The number of nitrogens with zero attached hydrogens (tertiary/aromatic N) is 3. The van der Waals surface area contributed by atoms with Crippen LogP contribution in [0, 0.1) is 5.41 Å². The van der Waals surface area contributed by atoms with Crippen LogP contribution in [0.1, 0.15) is 11.4 Å². The number of fused-ring (bicyclic) bond motifs is 1. The van der Waals surface area contributed by atoms with E-state index in [1.807, 2.05) is 16.9 Å². The molecule has 0 aliphatic rings. The van der Waals surface area contributed by atoms with E-state index in [1.54, 1.807) is 12.3 Å². The van der Waals surface area contributed by atoms with Crippen LogP contribution in [-0.4, -0.2) is 26.5 Å². The minimum atomic E-state index is -0.0500. The minimum Gasteiger partial charge on any atom is -0.382 e. The van der Waals surface area contributed by atoms with E-state index in [-0.39, 0.29) is 5.84 Å². The van der Waals surface area contributed by atoms with Crippen LogP contribution in [0.15, 0.2) is 24.0 Å². The minimum absolute atomic E-state index is 0.0500. The zero-order valence-electron chi connectivity index (χ0n) is 8.77. The van der Waals surface area contributed by atoms with Gasteiger partial charge in [0.1, 0.15) is 16.6 Å². The molecule has 82 valence electrons. The predicted molar refractivity (Wildman–Crippen MR) is 65.9 cm³/mol. The average molecular weight is 233 g/mol. The molecule has 3 N–H and O–H groups in total. The number of nitrogens with two attached hydrogens (primary N) is 1. The molecule has 2 rings (SSSR count). The van der Waals surface area contributed by atoms with Crippen molar-refractivity contribution in [3.8, 4) is 0 Å². The number of rotatable bonds is 3. The monoisotopic (exact) mass is 233 g/mol. The van der Waals surface area contributed by atoms with Gasteiger partial charge >= 0.3 is 0 Å².